The molecule has 0 spiro atoms. The van der Waals surface area contributed by atoms with Crippen LogP contribution in [0.15, 0.2) is 218 Å². The van der Waals surface area contributed by atoms with Crippen molar-refractivity contribution >= 4 is 54.1 Å². The highest BCUT2D eigenvalue weighted by atomic mass is 15.0. The average Bonchev–Trinajstić information content (AvgIpc) is 3.68. The summed E-state index contributed by atoms with van der Waals surface area (Å²) in [6, 6.07) is 77.5. The molecule has 0 atom stereocenters. The zero-order valence-electron chi connectivity index (χ0n) is 33.1. The number of aromatic nitrogens is 4. The Labute approximate surface area is 352 Å². The summed E-state index contributed by atoms with van der Waals surface area (Å²) in [4.78, 5) is 16.0. The van der Waals surface area contributed by atoms with E-state index in [0.717, 1.165) is 60.7 Å². The molecule has 0 fully saturated rings. The fourth-order valence-corrected chi connectivity index (χ4v) is 9.19. The SMILES string of the molecule is c1ccc(-c2ccc(-c3nc(-c4cccc(-c5cccc6c5c5ccccc5n6-c5ccccc5)c4)nc(-c4c5ccccc5cc5c4ccc4ccccc45)n3)cc2)cc1. The van der Waals surface area contributed by atoms with E-state index in [1.165, 1.54) is 38.0 Å². The normalized spacial score (nSPS) is 11.6. The number of nitrogens with zero attached hydrogens (tertiary/aromatic N) is 4. The second-order valence-electron chi connectivity index (χ2n) is 15.6. The maximum absolute atomic E-state index is 5.41. The van der Waals surface area contributed by atoms with Crippen LogP contribution in [0.4, 0.5) is 0 Å². The maximum Gasteiger partial charge on any atom is 0.165 e. The van der Waals surface area contributed by atoms with Gasteiger partial charge in [0.1, 0.15) is 0 Å². The van der Waals surface area contributed by atoms with Crippen LogP contribution >= 0.6 is 0 Å². The molecule has 0 saturated carbocycles. The van der Waals surface area contributed by atoms with Crippen molar-refractivity contribution in [1.29, 1.82) is 0 Å². The quantitative estimate of drug-likeness (QED) is 0.125. The third-order valence-electron chi connectivity index (χ3n) is 12.0. The molecule has 2 aromatic heterocycles. The Morgan fingerprint density at radius 2 is 0.869 bits per heavy atom. The number of benzene rings is 10. The Kier molecular flexibility index (Phi) is 8.13. The molecule has 10 aromatic carbocycles. The van der Waals surface area contributed by atoms with Crippen LogP contribution in [0.5, 0.6) is 0 Å². The van der Waals surface area contributed by atoms with Crippen molar-refractivity contribution in [2.75, 3.05) is 0 Å². The summed E-state index contributed by atoms with van der Waals surface area (Å²) in [6.45, 7) is 0. The summed E-state index contributed by atoms with van der Waals surface area (Å²) >= 11 is 0. The molecule has 2 heterocycles. The molecule has 0 saturated heterocycles. The lowest BCUT2D eigenvalue weighted by molar-refractivity contribution is 1.08. The lowest BCUT2D eigenvalue weighted by atomic mass is 9.93. The lowest BCUT2D eigenvalue weighted by Gasteiger charge is -2.15. The molecular weight excluding hydrogens is 741 g/mol. The number of fused-ring (bicyclic) bond motifs is 7. The van der Waals surface area contributed by atoms with Gasteiger partial charge in [0, 0.05) is 33.2 Å². The van der Waals surface area contributed by atoms with Crippen molar-refractivity contribution in [3.63, 3.8) is 0 Å². The third kappa shape index (κ3) is 5.88. The second-order valence-corrected chi connectivity index (χ2v) is 15.6. The summed E-state index contributed by atoms with van der Waals surface area (Å²) in [5.41, 5.74) is 10.9. The molecule has 284 valence electrons. The molecule has 0 aliphatic heterocycles. The molecule has 12 rings (SSSR count). The van der Waals surface area contributed by atoms with Crippen molar-refractivity contribution in [2.24, 2.45) is 0 Å². The van der Waals surface area contributed by atoms with E-state index in [2.05, 4.69) is 217 Å². The lowest BCUT2D eigenvalue weighted by Crippen LogP contribution is -2.01. The molecule has 0 amide bonds. The van der Waals surface area contributed by atoms with Crippen LogP contribution in [0.2, 0.25) is 0 Å². The van der Waals surface area contributed by atoms with Gasteiger partial charge in [-0.2, -0.15) is 0 Å². The van der Waals surface area contributed by atoms with Gasteiger partial charge in [-0.1, -0.05) is 182 Å². The van der Waals surface area contributed by atoms with E-state index in [-0.39, 0.29) is 0 Å². The fraction of sp³-hybridized carbons (Fsp3) is 0. The van der Waals surface area contributed by atoms with E-state index >= 15 is 0 Å². The Balaban J connectivity index is 1.08. The van der Waals surface area contributed by atoms with Crippen LogP contribution in [0.25, 0.3) is 116 Å². The Hall–Kier alpha value is -8.21. The Bertz CT molecular complexity index is 3630. The molecule has 4 nitrogen and oxygen atoms in total. The highest BCUT2D eigenvalue weighted by Gasteiger charge is 2.20. The van der Waals surface area contributed by atoms with Crippen molar-refractivity contribution in [2.45, 2.75) is 0 Å². The summed E-state index contributed by atoms with van der Waals surface area (Å²) in [7, 11) is 0. The van der Waals surface area contributed by atoms with E-state index in [1.54, 1.807) is 0 Å². The van der Waals surface area contributed by atoms with Gasteiger partial charge in [-0.05, 0) is 91.0 Å². The summed E-state index contributed by atoms with van der Waals surface area (Å²) < 4.78 is 2.36. The predicted molar refractivity (Wildman–Crippen MR) is 254 cm³/mol. The molecule has 0 aliphatic carbocycles. The highest BCUT2D eigenvalue weighted by Crippen LogP contribution is 2.41. The topological polar surface area (TPSA) is 43.6 Å². The van der Waals surface area contributed by atoms with Gasteiger partial charge in [-0.15, -0.1) is 0 Å². The zero-order valence-corrected chi connectivity index (χ0v) is 33.1. The van der Waals surface area contributed by atoms with Gasteiger partial charge in [-0.25, -0.2) is 15.0 Å². The predicted octanol–water partition coefficient (Wildman–Crippen LogP) is 14.8. The minimum absolute atomic E-state index is 0.620. The number of rotatable bonds is 6. The van der Waals surface area contributed by atoms with Crippen molar-refractivity contribution in [3.05, 3.63) is 218 Å². The fourth-order valence-electron chi connectivity index (χ4n) is 9.19. The molecule has 0 aliphatic rings. The standard InChI is InChI=1S/C57H36N4/c1-3-15-37(16-4-1)38-29-31-40(32-30-38)55-58-56(60-57(59-55)54-47-24-10-8-18-42(47)36-50-45-23-9-7-17-39(45)33-34-48(50)54)43-20-13-19-41(35-43)46-26-14-28-52-53(46)49-25-11-12-27-51(49)61(52)44-21-5-2-6-22-44/h1-36H. The number of para-hydroxylation sites is 2. The molecule has 0 N–H and O–H groups in total. The highest BCUT2D eigenvalue weighted by molar-refractivity contribution is 6.20. The van der Waals surface area contributed by atoms with Gasteiger partial charge < -0.3 is 4.57 Å². The van der Waals surface area contributed by atoms with Gasteiger partial charge in [0.2, 0.25) is 0 Å². The van der Waals surface area contributed by atoms with Gasteiger partial charge in [0.15, 0.2) is 17.5 Å². The van der Waals surface area contributed by atoms with Gasteiger partial charge in [-0.3, -0.25) is 0 Å². The molecular formula is C57H36N4. The number of hydrogen-bond acceptors (Lipinski definition) is 3. The van der Waals surface area contributed by atoms with Gasteiger partial charge >= 0.3 is 0 Å². The van der Waals surface area contributed by atoms with Crippen LogP contribution in [-0.4, -0.2) is 19.5 Å². The smallest absolute Gasteiger partial charge is 0.165 e. The van der Waals surface area contributed by atoms with Crippen molar-refractivity contribution in [3.8, 4) is 62.1 Å². The van der Waals surface area contributed by atoms with E-state index in [0.29, 0.717) is 17.5 Å². The minimum Gasteiger partial charge on any atom is -0.309 e. The molecule has 0 bridgehead atoms. The van der Waals surface area contributed by atoms with Crippen LogP contribution in [0, 0.1) is 0 Å². The molecule has 4 heteroatoms. The summed E-state index contributed by atoms with van der Waals surface area (Å²) in [5, 5.41) is 9.34. The molecule has 61 heavy (non-hydrogen) atoms. The average molecular weight is 777 g/mol. The zero-order chi connectivity index (χ0) is 40.3. The Morgan fingerprint density at radius 1 is 0.295 bits per heavy atom. The number of hydrogen-bond donors (Lipinski definition) is 0. The van der Waals surface area contributed by atoms with Crippen LogP contribution in [-0.2, 0) is 0 Å². The molecule has 12 aromatic rings. The summed E-state index contributed by atoms with van der Waals surface area (Å²) in [6.07, 6.45) is 0. The van der Waals surface area contributed by atoms with Crippen LogP contribution < -0.4 is 0 Å². The van der Waals surface area contributed by atoms with E-state index < -0.39 is 0 Å². The molecule has 0 unspecified atom stereocenters. The second kappa shape index (κ2) is 14.3. The first-order valence-corrected chi connectivity index (χ1v) is 20.7. The van der Waals surface area contributed by atoms with E-state index in [1.807, 2.05) is 6.07 Å². The first-order valence-electron chi connectivity index (χ1n) is 20.7. The van der Waals surface area contributed by atoms with Crippen molar-refractivity contribution in [1.82, 2.24) is 19.5 Å². The minimum atomic E-state index is 0.620. The maximum atomic E-state index is 5.41. The molecule has 0 radical (unpaired) electrons. The summed E-state index contributed by atoms with van der Waals surface area (Å²) in [5.74, 6) is 1.89. The van der Waals surface area contributed by atoms with E-state index in [9.17, 15) is 0 Å². The largest absolute Gasteiger partial charge is 0.309 e. The Morgan fingerprint density at radius 3 is 1.69 bits per heavy atom. The van der Waals surface area contributed by atoms with Crippen LogP contribution in [0.3, 0.4) is 0 Å². The van der Waals surface area contributed by atoms with E-state index in [4.69, 9.17) is 15.0 Å². The first-order chi connectivity index (χ1) is 30.2. The van der Waals surface area contributed by atoms with Crippen LogP contribution in [0.1, 0.15) is 0 Å². The van der Waals surface area contributed by atoms with Gasteiger partial charge in [0.25, 0.3) is 0 Å². The monoisotopic (exact) mass is 776 g/mol. The van der Waals surface area contributed by atoms with Gasteiger partial charge in [0.05, 0.1) is 11.0 Å². The third-order valence-corrected chi connectivity index (χ3v) is 12.0. The van der Waals surface area contributed by atoms with Crippen molar-refractivity contribution < 1.29 is 0 Å². The first kappa shape index (κ1) is 34.8.